The Morgan fingerprint density at radius 3 is 2.54 bits per heavy atom. The number of rotatable bonds is 9. The molecule has 0 aliphatic carbocycles. The van der Waals surface area contributed by atoms with Gasteiger partial charge in [-0.05, 0) is 62.3 Å². The number of nitrogens with one attached hydrogen (secondary N) is 1. The quantitative estimate of drug-likeness (QED) is 0.472. The van der Waals surface area contributed by atoms with Gasteiger partial charge in [0.25, 0.3) is 0 Å². The van der Waals surface area contributed by atoms with Crippen molar-refractivity contribution in [2.24, 2.45) is 0 Å². The molecule has 3 aromatic rings. The van der Waals surface area contributed by atoms with E-state index in [9.17, 15) is 0 Å². The Morgan fingerprint density at radius 2 is 1.82 bits per heavy atom. The number of aryl methyl sites for hydroxylation is 1. The molecule has 148 valence electrons. The third-order valence-electron chi connectivity index (χ3n) is 5.51. The van der Waals surface area contributed by atoms with E-state index < -0.39 is 0 Å². The fraction of sp³-hybridized carbons (Fsp3) is 0.375. The highest BCUT2D eigenvalue weighted by Gasteiger charge is 2.15. The summed E-state index contributed by atoms with van der Waals surface area (Å²) in [6, 6.07) is 16.8. The molecule has 0 bridgehead atoms. The van der Waals surface area contributed by atoms with Gasteiger partial charge in [0, 0.05) is 34.8 Å². The van der Waals surface area contributed by atoms with Crippen molar-refractivity contribution >= 4 is 28.2 Å². The second-order valence-electron chi connectivity index (χ2n) is 7.28. The number of halogens is 1. The zero-order valence-electron chi connectivity index (χ0n) is 17.1. The van der Waals surface area contributed by atoms with Gasteiger partial charge in [0.05, 0.1) is 5.52 Å². The molecule has 3 nitrogen and oxygen atoms in total. The van der Waals surface area contributed by atoms with Crippen molar-refractivity contribution in [2.75, 3.05) is 31.5 Å². The predicted molar refractivity (Wildman–Crippen MR) is 122 cm³/mol. The summed E-state index contributed by atoms with van der Waals surface area (Å²) >= 11 is 6.15. The molecular weight excluding hydrogens is 366 g/mol. The SMILES string of the molecule is CCN(CC)CC[C@@H](CNc1c(C)cnc2cc(Cl)ccc12)c1ccccc1. The summed E-state index contributed by atoms with van der Waals surface area (Å²) in [6.07, 6.45) is 3.06. The van der Waals surface area contributed by atoms with Crippen molar-refractivity contribution in [2.45, 2.75) is 33.1 Å². The fourth-order valence-electron chi connectivity index (χ4n) is 3.72. The summed E-state index contributed by atoms with van der Waals surface area (Å²) in [5.74, 6) is 0.455. The van der Waals surface area contributed by atoms with Crippen LogP contribution in [0.1, 0.15) is 37.3 Å². The average Bonchev–Trinajstić information content (AvgIpc) is 2.72. The van der Waals surface area contributed by atoms with E-state index in [2.05, 4.69) is 72.4 Å². The number of pyridine rings is 1. The van der Waals surface area contributed by atoms with Crippen molar-refractivity contribution in [1.82, 2.24) is 9.88 Å². The normalized spacial score (nSPS) is 12.5. The molecular formula is C24H30ClN3. The van der Waals surface area contributed by atoms with Gasteiger partial charge in [-0.15, -0.1) is 0 Å². The van der Waals surface area contributed by atoms with Crippen LogP contribution in [0.4, 0.5) is 5.69 Å². The molecule has 2 aromatic carbocycles. The lowest BCUT2D eigenvalue weighted by Crippen LogP contribution is -2.27. The molecule has 0 saturated carbocycles. The van der Waals surface area contributed by atoms with Crippen LogP contribution in [-0.4, -0.2) is 36.1 Å². The molecule has 1 atom stereocenters. The Balaban J connectivity index is 1.82. The summed E-state index contributed by atoms with van der Waals surface area (Å²) in [6.45, 7) is 10.8. The average molecular weight is 396 g/mol. The van der Waals surface area contributed by atoms with E-state index in [1.165, 1.54) is 5.56 Å². The summed E-state index contributed by atoms with van der Waals surface area (Å²) in [5.41, 5.74) is 4.64. The molecule has 1 N–H and O–H groups in total. The molecule has 0 spiro atoms. The summed E-state index contributed by atoms with van der Waals surface area (Å²) in [4.78, 5) is 7.03. The van der Waals surface area contributed by atoms with Crippen molar-refractivity contribution in [3.05, 3.63) is 70.9 Å². The lowest BCUT2D eigenvalue weighted by atomic mass is 9.95. The largest absolute Gasteiger partial charge is 0.384 e. The van der Waals surface area contributed by atoms with Gasteiger partial charge in [-0.2, -0.15) is 0 Å². The minimum atomic E-state index is 0.455. The molecule has 0 aliphatic heterocycles. The number of hydrogen-bond acceptors (Lipinski definition) is 3. The molecule has 0 fully saturated rings. The van der Waals surface area contributed by atoms with Crippen LogP contribution in [0.2, 0.25) is 5.02 Å². The van der Waals surface area contributed by atoms with E-state index in [-0.39, 0.29) is 0 Å². The highest BCUT2D eigenvalue weighted by Crippen LogP contribution is 2.29. The van der Waals surface area contributed by atoms with Gasteiger partial charge in [-0.25, -0.2) is 0 Å². The Labute approximate surface area is 173 Å². The first-order valence-corrected chi connectivity index (χ1v) is 10.6. The number of benzene rings is 2. The number of anilines is 1. The minimum Gasteiger partial charge on any atom is -0.384 e. The van der Waals surface area contributed by atoms with Crippen molar-refractivity contribution in [3.8, 4) is 0 Å². The van der Waals surface area contributed by atoms with Gasteiger partial charge < -0.3 is 10.2 Å². The molecule has 0 aliphatic rings. The standard InChI is InChI=1S/C24H30ClN3/c1-4-28(5-2)14-13-20(19-9-7-6-8-10-19)17-27-24-18(3)16-26-23-15-21(25)11-12-22(23)24/h6-12,15-16,20H,4-5,13-14,17H2,1-3H3,(H,26,27)/t20-/m0/s1. The zero-order valence-corrected chi connectivity index (χ0v) is 17.8. The third-order valence-corrected chi connectivity index (χ3v) is 5.74. The van der Waals surface area contributed by atoms with Crippen LogP contribution in [0, 0.1) is 6.92 Å². The highest BCUT2D eigenvalue weighted by molar-refractivity contribution is 6.31. The van der Waals surface area contributed by atoms with E-state index in [0.717, 1.165) is 59.8 Å². The Kier molecular flexibility index (Phi) is 7.30. The molecule has 1 aromatic heterocycles. The summed E-state index contributed by atoms with van der Waals surface area (Å²) in [7, 11) is 0. The van der Waals surface area contributed by atoms with E-state index in [1.54, 1.807) is 0 Å². The predicted octanol–water partition coefficient (Wildman–Crippen LogP) is 6.12. The molecule has 0 saturated heterocycles. The smallest absolute Gasteiger partial charge is 0.0737 e. The molecule has 3 rings (SSSR count). The van der Waals surface area contributed by atoms with Crippen molar-refractivity contribution < 1.29 is 0 Å². The minimum absolute atomic E-state index is 0.455. The first-order chi connectivity index (χ1) is 13.6. The van der Waals surface area contributed by atoms with Crippen LogP contribution in [-0.2, 0) is 0 Å². The first kappa shape index (κ1) is 20.6. The van der Waals surface area contributed by atoms with Crippen LogP contribution < -0.4 is 5.32 Å². The fourth-order valence-corrected chi connectivity index (χ4v) is 3.88. The first-order valence-electron chi connectivity index (χ1n) is 10.2. The van der Waals surface area contributed by atoms with E-state index in [0.29, 0.717) is 5.92 Å². The van der Waals surface area contributed by atoms with Crippen molar-refractivity contribution in [3.63, 3.8) is 0 Å². The summed E-state index contributed by atoms with van der Waals surface area (Å²) < 4.78 is 0. The topological polar surface area (TPSA) is 28.2 Å². The van der Waals surface area contributed by atoms with E-state index in [4.69, 9.17) is 11.6 Å². The maximum absolute atomic E-state index is 6.15. The van der Waals surface area contributed by atoms with Crippen LogP contribution in [0.15, 0.2) is 54.7 Å². The van der Waals surface area contributed by atoms with Gasteiger partial charge in [0.15, 0.2) is 0 Å². The van der Waals surface area contributed by atoms with Gasteiger partial charge in [-0.1, -0.05) is 55.8 Å². The van der Waals surface area contributed by atoms with Gasteiger partial charge in [0.2, 0.25) is 0 Å². The van der Waals surface area contributed by atoms with E-state index >= 15 is 0 Å². The Hall–Kier alpha value is -2.10. The maximum atomic E-state index is 6.15. The second-order valence-corrected chi connectivity index (χ2v) is 7.72. The molecule has 0 unspecified atom stereocenters. The van der Waals surface area contributed by atoms with Crippen LogP contribution in [0.25, 0.3) is 10.9 Å². The van der Waals surface area contributed by atoms with Crippen LogP contribution >= 0.6 is 11.6 Å². The third kappa shape index (κ3) is 5.03. The lowest BCUT2D eigenvalue weighted by molar-refractivity contribution is 0.291. The van der Waals surface area contributed by atoms with E-state index in [1.807, 2.05) is 18.3 Å². The van der Waals surface area contributed by atoms with Crippen molar-refractivity contribution in [1.29, 1.82) is 0 Å². The van der Waals surface area contributed by atoms with Crippen LogP contribution in [0.3, 0.4) is 0 Å². The number of hydrogen-bond donors (Lipinski definition) is 1. The Morgan fingerprint density at radius 1 is 1.07 bits per heavy atom. The summed E-state index contributed by atoms with van der Waals surface area (Å²) in [5, 5.41) is 5.58. The number of nitrogens with zero attached hydrogens (tertiary/aromatic N) is 2. The zero-order chi connectivity index (χ0) is 19.9. The highest BCUT2D eigenvalue weighted by atomic mass is 35.5. The van der Waals surface area contributed by atoms with Gasteiger partial charge in [0.1, 0.15) is 0 Å². The monoisotopic (exact) mass is 395 g/mol. The second kappa shape index (κ2) is 9.90. The molecule has 1 heterocycles. The molecule has 28 heavy (non-hydrogen) atoms. The van der Waals surface area contributed by atoms with Gasteiger partial charge >= 0.3 is 0 Å². The van der Waals surface area contributed by atoms with Gasteiger partial charge in [-0.3, -0.25) is 4.98 Å². The Bertz CT molecular complexity index is 891. The number of aromatic nitrogens is 1. The number of fused-ring (bicyclic) bond motifs is 1. The molecule has 0 amide bonds. The van der Waals surface area contributed by atoms with Crippen LogP contribution in [0.5, 0.6) is 0 Å². The molecule has 0 radical (unpaired) electrons. The maximum Gasteiger partial charge on any atom is 0.0737 e. The molecule has 4 heteroatoms. The lowest BCUT2D eigenvalue weighted by Gasteiger charge is -2.24.